The standard InChI is InChI=1S/C11H16N2O4S2/c1-2-12(10-3-4-19(16,17)8-10)6-9-5-11(13(14)15)18-7-9/h5,7,10H,2-4,6,8H2,1H3/t10-/m1/s1. The van der Waals surface area contributed by atoms with Gasteiger partial charge < -0.3 is 0 Å². The van der Waals surface area contributed by atoms with Crippen molar-refractivity contribution in [3.63, 3.8) is 0 Å². The van der Waals surface area contributed by atoms with Crippen LogP contribution in [0.5, 0.6) is 0 Å². The first-order valence-corrected chi connectivity index (χ1v) is 8.77. The minimum atomic E-state index is -2.90. The van der Waals surface area contributed by atoms with Crippen LogP contribution in [0.15, 0.2) is 11.4 Å². The number of sulfone groups is 1. The zero-order valence-electron chi connectivity index (χ0n) is 10.6. The molecule has 0 bridgehead atoms. The third kappa shape index (κ3) is 3.52. The van der Waals surface area contributed by atoms with Gasteiger partial charge in [-0.15, -0.1) is 0 Å². The van der Waals surface area contributed by atoms with E-state index in [4.69, 9.17) is 0 Å². The zero-order valence-corrected chi connectivity index (χ0v) is 12.2. The van der Waals surface area contributed by atoms with Gasteiger partial charge >= 0.3 is 5.00 Å². The maximum Gasteiger partial charge on any atom is 0.324 e. The van der Waals surface area contributed by atoms with Crippen LogP contribution in [0.25, 0.3) is 0 Å². The van der Waals surface area contributed by atoms with Crippen LogP contribution in [0.3, 0.4) is 0 Å². The molecule has 2 heterocycles. The average molecular weight is 304 g/mol. The number of hydrogen-bond acceptors (Lipinski definition) is 6. The Balaban J connectivity index is 2.04. The van der Waals surface area contributed by atoms with E-state index >= 15 is 0 Å². The van der Waals surface area contributed by atoms with Gasteiger partial charge in [0, 0.05) is 24.0 Å². The van der Waals surface area contributed by atoms with Gasteiger partial charge in [-0.2, -0.15) is 0 Å². The summed E-state index contributed by atoms with van der Waals surface area (Å²) in [5.74, 6) is 0.449. The minimum Gasteiger partial charge on any atom is -0.295 e. The Labute approximate surface area is 116 Å². The van der Waals surface area contributed by atoms with Crippen LogP contribution in [0.1, 0.15) is 18.9 Å². The molecule has 0 unspecified atom stereocenters. The molecule has 0 N–H and O–H groups in total. The molecule has 2 rings (SSSR count). The van der Waals surface area contributed by atoms with Crippen molar-refractivity contribution in [3.8, 4) is 0 Å². The summed E-state index contributed by atoms with van der Waals surface area (Å²) in [5.41, 5.74) is 0.878. The molecule has 0 spiro atoms. The Bertz CT molecular complexity index is 567. The van der Waals surface area contributed by atoms with Crippen molar-refractivity contribution >= 4 is 26.2 Å². The van der Waals surface area contributed by atoms with Crippen LogP contribution < -0.4 is 0 Å². The van der Waals surface area contributed by atoms with Crippen LogP contribution in [-0.2, 0) is 16.4 Å². The van der Waals surface area contributed by atoms with Crippen molar-refractivity contribution in [3.05, 3.63) is 27.1 Å². The largest absolute Gasteiger partial charge is 0.324 e. The Morgan fingerprint density at radius 3 is 2.79 bits per heavy atom. The quantitative estimate of drug-likeness (QED) is 0.610. The summed E-state index contributed by atoms with van der Waals surface area (Å²) in [7, 11) is -2.90. The Hall–Kier alpha value is -0.990. The molecule has 1 atom stereocenters. The van der Waals surface area contributed by atoms with Crippen molar-refractivity contribution in [2.24, 2.45) is 0 Å². The lowest BCUT2D eigenvalue weighted by Crippen LogP contribution is -2.35. The second-order valence-electron chi connectivity index (χ2n) is 4.67. The zero-order chi connectivity index (χ0) is 14.0. The molecular weight excluding hydrogens is 288 g/mol. The molecule has 106 valence electrons. The summed E-state index contributed by atoms with van der Waals surface area (Å²) in [6, 6.07) is 1.60. The summed E-state index contributed by atoms with van der Waals surface area (Å²) in [5, 5.41) is 12.5. The predicted octanol–water partition coefficient (Wildman–Crippen LogP) is 1.67. The van der Waals surface area contributed by atoms with Gasteiger partial charge in [0.2, 0.25) is 0 Å². The summed E-state index contributed by atoms with van der Waals surface area (Å²) < 4.78 is 23.0. The number of hydrogen-bond donors (Lipinski definition) is 0. The van der Waals surface area contributed by atoms with Gasteiger partial charge in [0.25, 0.3) is 0 Å². The van der Waals surface area contributed by atoms with E-state index in [1.807, 2.05) is 6.92 Å². The molecular formula is C11H16N2O4S2. The van der Waals surface area contributed by atoms with Crippen molar-refractivity contribution in [2.45, 2.75) is 25.9 Å². The molecule has 1 aromatic heterocycles. The molecule has 1 fully saturated rings. The van der Waals surface area contributed by atoms with E-state index in [1.165, 1.54) is 0 Å². The second-order valence-corrected chi connectivity index (χ2v) is 7.79. The van der Waals surface area contributed by atoms with Crippen LogP contribution in [0.2, 0.25) is 0 Å². The molecule has 1 aromatic rings. The smallest absolute Gasteiger partial charge is 0.295 e. The highest BCUT2D eigenvalue weighted by molar-refractivity contribution is 7.91. The molecule has 6 nitrogen and oxygen atoms in total. The molecule has 0 radical (unpaired) electrons. The van der Waals surface area contributed by atoms with Gasteiger partial charge in [0.15, 0.2) is 9.84 Å². The van der Waals surface area contributed by atoms with Crippen molar-refractivity contribution in [1.82, 2.24) is 4.90 Å². The third-order valence-corrected chi connectivity index (χ3v) is 6.02. The van der Waals surface area contributed by atoms with Crippen LogP contribution in [0.4, 0.5) is 5.00 Å². The first-order valence-electron chi connectivity index (χ1n) is 6.07. The van der Waals surface area contributed by atoms with E-state index in [-0.39, 0.29) is 22.5 Å². The Morgan fingerprint density at radius 2 is 2.32 bits per heavy atom. The van der Waals surface area contributed by atoms with Gasteiger partial charge in [0.1, 0.15) is 0 Å². The maximum absolute atomic E-state index is 11.5. The molecule has 0 aliphatic carbocycles. The second kappa shape index (κ2) is 5.56. The molecule has 0 saturated carbocycles. The summed E-state index contributed by atoms with van der Waals surface area (Å²) in [6.45, 7) is 3.29. The number of thiophene rings is 1. The molecule has 1 aliphatic rings. The van der Waals surface area contributed by atoms with Crippen LogP contribution in [-0.4, -0.2) is 42.3 Å². The van der Waals surface area contributed by atoms with Crippen LogP contribution in [0, 0.1) is 10.1 Å². The number of nitrogens with zero attached hydrogens (tertiary/aromatic N) is 2. The lowest BCUT2D eigenvalue weighted by atomic mass is 10.2. The SMILES string of the molecule is CCN(Cc1csc([N+](=O)[O-])c1)[C@@H]1CCS(=O)(=O)C1. The first kappa shape index (κ1) is 14.4. The van der Waals surface area contributed by atoms with Gasteiger partial charge in [-0.05, 0) is 18.5 Å². The van der Waals surface area contributed by atoms with E-state index in [0.29, 0.717) is 13.0 Å². The highest BCUT2D eigenvalue weighted by atomic mass is 32.2. The fourth-order valence-electron chi connectivity index (χ4n) is 2.34. The van der Waals surface area contributed by atoms with Crippen molar-refractivity contribution in [1.29, 1.82) is 0 Å². The average Bonchev–Trinajstić information content (AvgIpc) is 2.92. The van der Waals surface area contributed by atoms with Crippen LogP contribution >= 0.6 is 11.3 Å². The molecule has 19 heavy (non-hydrogen) atoms. The van der Waals surface area contributed by atoms with Crippen molar-refractivity contribution in [2.75, 3.05) is 18.1 Å². The lowest BCUT2D eigenvalue weighted by Gasteiger charge is -2.25. The van der Waals surface area contributed by atoms with Gasteiger partial charge in [-0.25, -0.2) is 8.42 Å². The maximum atomic E-state index is 11.5. The molecule has 0 aromatic carbocycles. The van der Waals surface area contributed by atoms with E-state index in [1.54, 1.807) is 11.4 Å². The number of rotatable bonds is 5. The van der Waals surface area contributed by atoms with E-state index in [2.05, 4.69) is 4.90 Å². The molecule has 8 heteroatoms. The first-order chi connectivity index (χ1) is 8.91. The van der Waals surface area contributed by atoms with Gasteiger partial charge in [-0.3, -0.25) is 15.0 Å². The fraction of sp³-hybridized carbons (Fsp3) is 0.636. The lowest BCUT2D eigenvalue weighted by molar-refractivity contribution is -0.380. The summed E-state index contributed by atoms with van der Waals surface area (Å²) >= 11 is 1.11. The number of nitro groups is 1. The Kier molecular flexibility index (Phi) is 4.22. The highest BCUT2D eigenvalue weighted by Gasteiger charge is 2.31. The summed E-state index contributed by atoms with van der Waals surface area (Å²) in [4.78, 5) is 12.3. The summed E-state index contributed by atoms with van der Waals surface area (Å²) in [6.07, 6.45) is 0.655. The monoisotopic (exact) mass is 304 g/mol. The molecule has 1 aliphatic heterocycles. The topological polar surface area (TPSA) is 80.5 Å². The predicted molar refractivity (Wildman–Crippen MR) is 74.1 cm³/mol. The Morgan fingerprint density at radius 1 is 1.58 bits per heavy atom. The fourth-order valence-corrected chi connectivity index (χ4v) is 4.82. The molecule has 0 amide bonds. The highest BCUT2D eigenvalue weighted by Crippen LogP contribution is 2.25. The van der Waals surface area contributed by atoms with Gasteiger partial charge in [-0.1, -0.05) is 18.3 Å². The molecule has 1 saturated heterocycles. The van der Waals surface area contributed by atoms with E-state index in [0.717, 1.165) is 23.4 Å². The minimum absolute atomic E-state index is 0.0361. The third-order valence-electron chi connectivity index (χ3n) is 3.34. The van der Waals surface area contributed by atoms with Gasteiger partial charge in [0.05, 0.1) is 16.4 Å². The van der Waals surface area contributed by atoms with Crippen molar-refractivity contribution < 1.29 is 13.3 Å². The van der Waals surface area contributed by atoms with E-state index < -0.39 is 14.8 Å². The normalized spacial score (nSPS) is 21.9. The van der Waals surface area contributed by atoms with E-state index in [9.17, 15) is 18.5 Å².